The predicted molar refractivity (Wildman–Crippen MR) is 167 cm³/mol. The minimum atomic E-state index is -0.0778. The van der Waals surface area contributed by atoms with Crippen molar-refractivity contribution in [1.29, 1.82) is 0 Å². The second-order valence-electron chi connectivity index (χ2n) is 12.7. The van der Waals surface area contributed by atoms with Crippen LogP contribution in [0.15, 0.2) is 66.8 Å². The Morgan fingerprint density at radius 1 is 0.763 bits per heavy atom. The van der Waals surface area contributed by atoms with Crippen LogP contribution in [0.3, 0.4) is 0 Å². The van der Waals surface area contributed by atoms with Gasteiger partial charge in [-0.25, -0.2) is 0 Å². The van der Waals surface area contributed by atoms with Crippen molar-refractivity contribution in [2.24, 2.45) is 5.41 Å². The third-order valence-electron chi connectivity index (χ3n) is 10.3. The maximum Gasteiger partial charge on any atom is 0.0543 e. The Hall–Kier alpha value is -2.54. The van der Waals surface area contributed by atoms with Crippen molar-refractivity contribution in [1.82, 2.24) is 0 Å². The SMILES string of the molecule is CCCCCCC1(CCCCC)C=C(C)c2ccc(N3c4cccc(c4)C4=CC(C)(C=C4)C3(C)CC)cc21. The first-order valence-corrected chi connectivity index (χ1v) is 15.5. The summed E-state index contributed by atoms with van der Waals surface area (Å²) in [5, 5.41) is 0. The van der Waals surface area contributed by atoms with Gasteiger partial charge in [-0.1, -0.05) is 115 Å². The quantitative estimate of drug-likeness (QED) is 0.273. The monoisotopic (exact) mass is 507 g/mol. The zero-order valence-electron chi connectivity index (χ0n) is 24.9. The van der Waals surface area contributed by atoms with Crippen LogP contribution in [0.1, 0.15) is 122 Å². The molecule has 1 nitrogen and oxygen atoms in total. The van der Waals surface area contributed by atoms with E-state index in [1.165, 1.54) is 91.4 Å². The fourth-order valence-corrected chi connectivity index (χ4v) is 7.61. The molecule has 0 amide bonds. The van der Waals surface area contributed by atoms with Crippen LogP contribution in [0.5, 0.6) is 0 Å². The van der Waals surface area contributed by atoms with Gasteiger partial charge in [-0.15, -0.1) is 0 Å². The lowest BCUT2D eigenvalue weighted by atomic mass is 9.68. The number of hydrogen-bond acceptors (Lipinski definition) is 1. The first-order chi connectivity index (χ1) is 18.3. The summed E-state index contributed by atoms with van der Waals surface area (Å²) in [7, 11) is 0. The molecule has 2 aliphatic carbocycles. The summed E-state index contributed by atoms with van der Waals surface area (Å²) in [6, 6.07) is 16.7. The molecule has 0 N–H and O–H groups in total. The van der Waals surface area contributed by atoms with Gasteiger partial charge in [-0.3, -0.25) is 0 Å². The van der Waals surface area contributed by atoms with E-state index in [1.807, 2.05) is 0 Å². The van der Waals surface area contributed by atoms with Crippen molar-refractivity contribution in [3.63, 3.8) is 0 Å². The number of allylic oxidation sites excluding steroid dienone is 4. The number of nitrogens with zero attached hydrogens (tertiary/aromatic N) is 1. The van der Waals surface area contributed by atoms with Crippen molar-refractivity contribution in [3.05, 3.63) is 83.5 Å². The number of anilines is 2. The van der Waals surface area contributed by atoms with E-state index in [4.69, 9.17) is 0 Å². The highest BCUT2D eigenvalue weighted by Crippen LogP contribution is 2.54. The van der Waals surface area contributed by atoms with E-state index in [2.05, 4.69) is 113 Å². The van der Waals surface area contributed by atoms with Crippen molar-refractivity contribution >= 4 is 22.5 Å². The maximum atomic E-state index is 2.68. The summed E-state index contributed by atoms with van der Waals surface area (Å²) in [6.45, 7) is 14.3. The summed E-state index contributed by atoms with van der Waals surface area (Å²) < 4.78 is 0. The molecule has 3 unspecified atom stereocenters. The molecule has 202 valence electrons. The Morgan fingerprint density at radius 3 is 2.21 bits per heavy atom. The maximum absolute atomic E-state index is 2.68. The number of benzene rings is 2. The third-order valence-corrected chi connectivity index (χ3v) is 10.3. The first kappa shape index (κ1) is 27.0. The molecule has 1 heterocycles. The van der Waals surface area contributed by atoms with Gasteiger partial charge >= 0.3 is 0 Å². The summed E-state index contributed by atoms with van der Waals surface area (Å²) >= 11 is 0. The van der Waals surface area contributed by atoms with Crippen molar-refractivity contribution in [2.45, 2.75) is 117 Å². The zero-order chi connectivity index (χ0) is 27.0. The van der Waals surface area contributed by atoms with Crippen molar-refractivity contribution in [3.8, 4) is 0 Å². The third kappa shape index (κ3) is 4.41. The molecular weight excluding hydrogens is 458 g/mol. The molecule has 5 rings (SSSR count). The molecular formula is C37H49N. The molecule has 4 bridgehead atoms. The average Bonchev–Trinajstić information content (AvgIpc) is 3.46. The highest BCUT2D eigenvalue weighted by Gasteiger charge is 2.48. The van der Waals surface area contributed by atoms with E-state index in [0.29, 0.717) is 0 Å². The normalized spacial score (nSPS) is 27.2. The molecule has 0 aromatic heterocycles. The molecule has 0 saturated heterocycles. The molecule has 0 fully saturated rings. The van der Waals surface area contributed by atoms with Crippen LogP contribution in [0.25, 0.3) is 11.1 Å². The lowest BCUT2D eigenvalue weighted by Gasteiger charge is -2.52. The zero-order valence-corrected chi connectivity index (χ0v) is 24.9. The van der Waals surface area contributed by atoms with Crippen LogP contribution >= 0.6 is 0 Å². The summed E-state index contributed by atoms with van der Waals surface area (Å²) in [4.78, 5) is 2.68. The fraction of sp³-hybridized carbons (Fsp3) is 0.514. The van der Waals surface area contributed by atoms with Crippen LogP contribution in [0.4, 0.5) is 11.4 Å². The van der Waals surface area contributed by atoms with Gasteiger partial charge in [0.2, 0.25) is 0 Å². The van der Waals surface area contributed by atoms with Gasteiger partial charge in [-0.2, -0.15) is 0 Å². The Bertz CT molecular complexity index is 1260. The predicted octanol–water partition coefficient (Wildman–Crippen LogP) is 11.2. The van der Waals surface area contributed by atoms with E-state index in [1.54, 1.807) is 5.56 Å². The first-order valence-electron chi connectivity index (χ1n) is 15.5. The van der Waals surface area contributed by atoms with E-state index in [-0.39, 0.29) is 16.4 Å². The van der Waals surface area contributed by atoms with Crippen molar-refractivity contribution < 1.29 is 0 Å². The molecule has 1 aliphatic heterocycles. The van der Waals surface area contributed by atoms with Crippen LogP contribution < -0.4 is 4.90 Å². The Balaban J connectivity index is 1.63. The lowest BCUT2D eigenvalue weighted by molar-refractivity contribution is 0.274. The van der Waals surface area contributed by atoms with Gasteiger partial charge in [0.05, 0.1) is 5.54 Å². The number of fused-ring (bicyclic) bond motifs is 5. The fourth-order valence-electron chi connectivity index (χ4n) is 7.61. The van der Waals surface area contributed by atoms with Gasteiger partial charge in [0.25, 0.3) is 0 Å². The molecule has 1 heteroatoms. The second kappa shape index (κ2) is 10.6. The van der Waals surface area contributed by atoms with Crippen LogP contribution in [-0.4, -0.2) is 5.54 Å². The molecule has 0 radical (unpaired) electrons. The highest BCUT2D eigenvalue weighted by molar-refractivity contribution is 5.84. The molecule has 2 aromatic rings. The number of hydrogen-bond donors (Lipinski definition) is 0. The smallest absolute Gasteiger partial charge is 0.0543 e. The molecule has 3 atom stereocenters. The Labute approximate surface area is 232 Å². The largest absolute Gasteiger partial charge is 0.334 e. The molecule has 3 aliphatic rings. The summed E-state index contributed by atoms with van der Waals surface area (Å²) in [5.41, 5.74) is 9.96. The number of rotatable bonds is 11. The second-order valence-corrected chi connectivity index (χ2v) is 12.7. The minimum absolute atomic E-state index is 0.0353. The summed E-state index contributed by atoms with van der Waals surface area (Å²) in [5.74, 6) is 0. The Kier molecular flexibility index (Phi) is 7.51. The van der Waals surface area contributed by atoms with Crippen LogP contribution in [0, 0.1) is 5.41 Å². The van der Waals surface area contributed by atoms with Crippen molar-refractivity contribution in [2.75, 3.05) is 4.90 Å². The Morgan fingerprint density at radius 2 is 1.47 bits per heavy atom. The van der Waals surface area contributed by atoms with Gasteiger partial charge in [0.1, 0.15) is 0 Å². The molecule has 2 aromatic carbocycles. The van der Waals surface area contributed by atoms with E-state index in [0.717, 1.165) is 6.42 Å². The molecule has 0 saturated carbocycles. The van der Waals surface area contributed by atoms with Gasteiger partial charge in [0.15, 0.2) is 0 Å². The van der Waals surface area contributed by atoms with Gasteiger partial charge < -0.3 is 4.90 Å². The van der Waals surface area contributed by atoms with Crippen LogP contribution in [0.2, 0.25) is 0 Å². The van der Waals surface area contributed by atoms with Gasteiger partial charge in [0, 0.05) is 22.2 Å². The summed E-state index contributed by atoms with van der Waals surface area (Å²) in [6.07, 6.45) is 22.8. The minimum Gasteiger partial charge on any atom is -0.334 e. The van der Waals surface area contributed by atoms with E-state index < -0.39 is 0 Å². The standard InChI is InChI=1S/C37H49N/c1-7-10-12-14-22-37(21-13-11-8-2)26-28(4)33-19-18-32(25-34(33)37)38-31-17-15-16-29(24-31)30-20-23-35(5,27-30)36(38,6)9-3/h15-20,23-27H,7-14,21-22H2,1-6H3. The molecule has 38 heavy (non-hydrogen) atoms. The number of unbranched alkanes of at least 4 members (excludes halogenated alkanes) is 5. The average molecular weight is 508 g/mol. The van der Waals surface area contributed by atoms with E-state index >= 15 is 0 Å². The topological polar surface area (TPSA) is 3.24 Å². The van der Waals surface area contributed by atoms with Gasteiger partial charge in [-0.05, 0) is 85.2 Å². The lowest BCUT2D eigenvalue weighted by Crippen LogP contribution is -2.53. The molecule has 0 spiro atoms. The van der Waals surface area contributed by atoms with Crippen LogP contribution in [-0.2, 0) is 5.41 Å². The van der Waals surface area contributed by atoms with E-state index in [9.17, 15) is 0 Å². The highest BCUT2D eigenvalue weighted by atomic mass is 15.2.